The number of hydrogen-bond donors (Lipinski definition) is 0. The molecule has 0 N–H and O–H groups in total. The first kappa shape index (κ1) is 18.5. The third-order valence-electron chi connectivity index (χ3n) is 4.51. The number of alkyl halides is 3. The monoisotopic (exact) mass is 407 g/mol. The van der Waals surface area contributed by atoms with Gasteiger partial charge in [-0.1, -0.05) is 17.4 Å². The van der Waals surface area contributed by atoms with Gasteiger partial charge in [-0.05, 0) is 30.3 Å². The van der Waals surface area contributed by atoms with E-state index >= 15 is 0 Å². The molecule has 1 fully saturated rings. The number of hydrogen-bond acceptors (Lipinski definition) is 5. The quantitative estimate of drug-likeness (QED) is 0.609. The number of furan rings is 1. The van der Waals surface area contributed by atoms with E-state index in [4.69, 9.17) is 4.42 Å². The second-order valence-electron chi connectivity index (χ2n) is 6.31. The smallest absolute Gasteiger partial charge is 0.418 e. The summed E-state index contributed by atoms with van der Waals surface area (Å²) >= 11 is 1.24. The van der Waals surface area contributed by atoms with Crippen molar-refractivity contribution in [2.45, 2.75) is 6.18 Å². The van der Waals surface area contributed by atoms with Gasteiger partial charge < -0.3 is 14.2 Å². The maximum Gasteiger partial charge on any atom is 0.418 e. The van der Waals surface area contributed by atoms with E-state index in [1.807, 2.05) is 4.90 Å². The number of anilines is 1. The van der Waals surface area contributed by atoms with E-state index in [-0.39, 0.29) is 11.4 Å². The van der Waals surface area contributed by atoms with Gasteiger partial charge >= 0.3 is 6.18 Å². The fraction of sp³-hybridized carbons (Fsp3) is 0.263. The predicted octanol–water partition coefficient (Wildman–Crippen LogP) is 4.27. The minimum absolute atomic E-state index is 0.0186. The van der Waals surface area contributed by atoms with Gasteiger partial charge in [-0.3, -0.25) is 4.79 Å². The van der Waals surface area contributed by atoms with Crippen LogP contribution in [-0.2, 0) is 11.0 Å². The topological polar surface area (TPSA) is 49.6 Å². The zero-order valence-electron chi connectivity index (χ0n) is 14.6. The molecule has 0 spiro atoms. The summed E-state index contributed by atoms with van der Waals surface area (Å²) in [5.74, 6) is 0.474. The molecule has 1 aromatic carbocycles. The minimum atomic E-state index is -4.43. The highest BCUT2D eigenvalue weighted by Crippen LogP contribution is 2.38. The van der Waals surface area contributed by atoms with Crippen LogP contribution in [0.1, 0.15) is 11.3 Å². The number of thiazole rings is 1. The van der Waals surface area contributed by atoms with Crippen LogP contribution >= 0.6 is 11.3 Å². The Bertz CT molecular complexity index is 1000. The largest absolute Gasteiger partial charge is 0.465 e. The van der Waals surface area contributed by atoms with Crippen LogP contribution in [0.4, 0.5) is 18.3 Å². The third-order valence-corrected chi connectivity index (χ3v) is 5.59. The number of rotatable bonds is 3. The van der Waals surface area contributed by atoms with Crippen LogP contribution in [0, 0.1) is 0 Å². The average molecular weight is 407 g/mol. The summed E-state index contributed by atoms with van der Waals surface area (Å²) in [5.41, 5.74) is -0.737. The fourth-order valence-electron chi connectivity index (χ4n) is 3.06. The maximum atomic E-state index is 13.2. The van der Waals surface area contributed by atoms with Gasteiger partial charge in [0.05, 0.1) is 22.0 Å². The Morgan fingerprint density at radius 2 is 1.93 bits per heavy atom. The van der Waals surface area contributed by atoms with Crippen molar-refractivity contribution in [3.8, 4) is 0 Å². The summed E-state index contributed by atoms with van der Waals surface area (Å²) in [7, 11) is 0. The molecule has 3 heterocycles. The molecule has 28 heavy (non-hydrogen) atoms. The van der Waals surface area contributed by atoms with E-state index in [2.05, 4.69) is 4.98 Å². The highest BCUT2D eigenvalue weighted by molar-refractivity contribution is 7.22. The molecule has 3 aromatic rings. The summed E-state index contributed by atoms with van der Waals surface area (Å²) in [4.78, 5) is 20.1. The lowest BCUT2D eigenvalue weighted by Crippen LogP contribution is -2.48. The fourth-order valence-corrected chi connectivity index (χ4v) is 4.11. The van der Waals surface area contributed by atoms with Gasteiger partial charge in [0.2, 0.25) is 5.91 Å². The second-order valence-corrected chi connectivity index (χ2v) is 7.32. The van der Waals surface area contributed by atoms with Gasteiger partial charge in [0.1, 0.15) is 5.76 Å². The van der Waals surface area contributed by atoms with Crippen molar-refractivity contribution >= 4 is 38.7 Å². The molecule has 9 heteroatoms. The lowest BCUT2D eigenvalue weighted by molar-refractivity contribution is -0.136. The summed E-state index contributed by atoms with van der Waals surface area (Å²) < 4.78 is 45.2. The van der Waals surface area contributed by atoms with Gasteiger partial charge in [-0.25, -0.2) is 4.98 Å². The highest BCUT2D eigenvalue weighted by atomic mass is 32.1. The molecule has 0 aliphatic carbocycles. The number of halogens is 3. The molecule has 0 unspecified atom stereocenters. The van der Waals surface area contributed by atoms with Crippen LogP contribution in [0.2, 0.25) is 0 Å². The van der Waals surface area contributed by atoms with Crippen LogP contribution < -0.4 is 4.90 Å². The van der Waals surface area contributed by atoms with Crippen LogP contribution in [0.15, 0.2) is 47.1 Å². The Morgan fingerprint density at radius 3 is 2.61 bits per heavy atom. The van der Waals surface area contributed by atoms with E-state index in [0.29, 0.717) is 41.8 Å². The molecule has 0 radical (unpaired) electrons. The van der Waals surface area contributed by atoms with Gasteiger partial charge in [-0.2, -0.15) is 13.2 Å². The summed E-state index contributed by atoms with van der Waals surface area (Å²) in [6, 6.07) is 7.59. The first-order chi connectivity index (χ1) is 13.4. The van der Waals surface area contributed by atoms with E-state index in [9.17, 15) is 18.0 Å². The Labute approximate surface area is 162 Å². The minimum Gasteiger partial charge on any atom is -0.465 e. The number of carbonyl (C=O) groups excluding carboxylic acids is 1. The number of nitrogens with zero attached hydrogens (tertiary/aromatic N) is 3. The lowest BCUT2D eigenvalue weighted by Gasteiger charge is -2.34. The number of amides is 1. The molecule has 2 aromatic heterocycles. The summed E-state index contributed by atoms with van der Waals surface area (Å²) in [6.07, 6.45) is 0.171. The number of benzene rings is 1. The predicted molar refractivity (Wildman–Crippen MR) is 101 cm³/mol. The molecule has 5 nitrogen and oxygen atoms in total. The summed E-state index contributed by atoms with van der Waals surface area (Å²) in [5, 5.41) is 0.546. The van der Waals surface area contributed by atoms with E-state index in [1.54, 1.807) is 29.2 Å². The lowest BCUT2D eigenvalue weighted by atomic mass is 10.2. The Hall–Kier alpha value is -2.81. The van der Waals surface area contributed by atoms with Crippen molar-refractivity contribution in [3.05, 3.63) is 54.0 Å². The van der Waals surface area contributed by atoms with Crippen LogP contribution in [0.3, 0.4) is 0 Å². The Kier molecular flexibility index (Phi) is 4.84. The number of carbonyl (C=O) groups is 1. The molecule has 146 valence electrons. The van der Waals surface area contributed by atoms with Gasteiger partial charge in [0.15, 0.2) is 5.13 Å². The molecule has 1 amide bonds. The number of fused-ring (bicyclic) bond motifs is 1. The van der Waals surface area contributed by atoms with Crippen LogP contribution in [0.25, 0.3) is 16.3 Å². The van der Waals surface area contributed by atoms with Crippen molar-refractivity contribution in [1.29, 1.82) is 0 Å². The molecule has 4 rings (SSSR count). The first-order valence-corrected chi connectivity index (χ1v) is 9.46. The molecular formula is C19H16F3N3O2S. The zero-order valence-corrected chi connectivity index (χ0v) is 15.5. The highest BCUT2D eigenvalue weighted by Gasteiger charge is 2.34. The average Bonchev–Trinajstić information content (AvgIpc) is 3.34. The van der Waals surface area contributed by atoms with Crippen LogP contribution in [-0.4, -0.2) is 42.0 Å². The van der Waals surface area contributed by atoms with Crippen molar-refractivity contribution in [1.82, 2.24) is 9.88 Å². The first-order valence-electron chi connectivity index (χ1n) is 8.64. The van der Waals surface area contributed by atoms with Crippen LogP contribution in [0.5, 0.6) is 0 Å². The van der Waals surface area contributed by atoms with Gasteiger partial charge in [0.25, 0.3) is 0 Å². The van der Waals surface area contributed by atoms with Crippen molar-refractivity contribution in [2.24, 2.45) is 0 Å². The van der Waals surface area contributed by atoms with E-state index in [1.165, 1.54) is 29.7 Å². The maximum absolute atomic E-state index is 13.2. The number of piperazine rings is 1. The Morgan fingerprint density at radius 1 is 1.14 bits per heavy atom. The molecule has 1 aliphatic rings. The number of aromatic nitrogens is 1. The molecular weight excluding hydrogens is 391 g/mol. The SMILES string of the molecule is O=C(C=Cc1ccco1)N1CCN(c2nc3c(C(F)(F)F)cccc3s2)CC1. The Balaban J connectivity index is 1.44. The molecule has 1 aliphatic heterocycles. The van der Waals surface area contributed by atoms with Crippen molar-refractivity contribution < 1.29 is 22.4 Å². The van der Waals surface area contributed by atoms with Gasteiger partial charge in [-0.15, -0.1) is 0 Å². The zero-order chi connectivity index (χ0) is 19.7. The van der Waals surface area contributed by atoms with E-state index in [0.717, 1.165) is 6.07 Å². The molecule has 1 saturated heterocycles. The number of para-hydroxylation sites is 1. The van der Waals surface area contributed by atoms with Gasteiger partial charge in [0, 0.05) is 32.3 Å². The molecule has 0 saturated carbocycles. The molecule has 0 atom stereocenters. The standard InChI is InChI=1S/C19H16F3N3O2S/c20-19(21,22)14-4-1-5-15-17(14)23-18(28-15)25-10-8-24(9-11-25)16(26)7-6-13-3-2-12-27-13/h1-7,12H,8-11H2. The van der Waals surface area contributed by atoms with E-state index < -0.39 is 11.7 Å². The third kappa shape index (κ3) is 3.75. The second kappa shape index (κ2) is 7.31. The van der Waals surface area contributed by atoms with Crippen molar-refractivity contribution in [3.63, 3.8) is 0 Å². The summed E-state index contributed by atoms with van der Waals surface area (Å²) in [6.45, 7) is 1.98. The molecule has 0 bridgehead atoms. The normalized spacial score (nSPS) is 15.7. The van der Waals surface area contributed by atoms with Crippen molar-refractivity contribution in [2.75, 3.05) is 31.1 Å².